The summed E-state index contributed by atoms with van der Waals surface area (Å²) in [6.07, 6.45) is 0.00966. The van der Waals surface area contributed by atoms with Crippen LogP contribution in [0, 0.1) is 0 Å². The molecule has 0 radical (unpaired) electrons. The zero-order chi connectivity index (χ0) is 20.8. The molecule has 2 aromatic carbocycles. The average molecular weight is 395 g/mol. The van der Waals surface area contributed by atoms with Gasteiger partial charge in [-0.2, -0.15) is 0 Å². The molecule has 0 aliphatic carbocycles. The largest absolute Gasteiger partial charge is 0.375 e. The van der Waals surface area contributed by atoms with Gasteiger partial charge in [0.15, 0.2) is 0 Å². The Labute approximate surface area is 167 Å². The first kappa shape index (κ1) is 20.2. The predicted molar refractivity (Wildman–Crippen MR) is 105 cm³/mol. The van der Waals surface area contributed by atoms with Crippen molar-refractivity contribution in [2.24, 2.45) is 0 Å². The number of hydrogen-bond acceptors (Lipinski definition) is 5. The van der Waals surface area contributed by atoms with Crippen molar-refractivity contribution >= 4 is 29.3 Å². The van der Waals surface area contributed by atoms with E-state index in [0.717, 1.165) is 10.5 Å². The molecule has 150 valence electrons. The summed E-state index contributed by atoms with van der Waals surface area (Å²) in [4.78, 5) is 49.4. The smallest absolute Gasteiger partial charge is 0.261 e. The van der Waals surface area contributed by atoms with Crippen molar-refractivity contribution in [1.82, 2.24) is 10.2 Å². The molecule has 0 aromatic heterocycles. The minimum atomic E-state index is -0.377. The summed E-state index contributed by atoms with van der Waals surface area (Å²) in [6, 6.07) is 13.7. The van der Waals surface area contributed by atoms with Crippen molar-refractivity contribution < 1.29 is 23.9 Å². The Morgan fingerprint density at radius 1 is 0.966 bits per heavy atom. The fourth-order valence-electron chi connectivity index (χ4n) is 3.03. The molecule has 2 aromatic rings. The van der Waals surface area contributed by atoms with Crippen LogP contribution in [0.15, 0.2) is 48.5 Å². The van der Waals surface area contributed by atoms with Crippen LogP contribution in [0.2, 0.25) is 0 Å². The molecule has 0 saturated heterocycles. The van der Waals surface area contributed by atoms with Crippen LogP contribution >= 0.6 is 0 Å². The number of carbonyl (C=O) groups is 4. The predicted octanol–water partition coefficient (Wildman–Crippen LogP) is 1.57. The highest BCUT2D eigenvalue weighted by molar-refractivity contribution is 6.21. The maximum Gasteiger partial charge on any atom is 0.261 e. The summed E-state index contributed by atoms with van der Waals surface area (Å²) >= 11 is 0. The fourth-order valence-corrected chi connectivity index (χ4v) is 3.03. The third kappa shape index (κ3) is 4.85. The molecule has 8 nitrogen and oxygen atoms in total. The van der Waals surface area contributed by atoms with Crippen LogP contribution in [0.25, 0.3) is 0 Å². The molecule has 0 fully saturated rings. The van der Waals surface area contributed by atoms with Crippen molar-refractivity contribution in [1.29, 1.82) is 0 Å². The van der Waals surface area contributed by atoms with Crippen molar-refractivity contribution in [2.45, 2.75) is 13.0 Å². The molecule has 4 amide bonds. The van der Waals surface area contributed by atoms with Crippen LogP contribution in [0.4, 0.5) is 5.69 Å². The molecule has 8 heteroatoms. The summed E-state index contributed by atoms with van der Waals surface area (Å²) in [5.74, 6) is -1.30. The van der Waals surface area contributed by atoms with E-state index in [1.165, 1.54) is 7.11 Å². The van der Waals surface area contributed by atoms with Gasteiger partial charge in [0.25, 0.3) is 11.8 Å². The molecule has 29 heavy (non-hydrogen) atoms. The molecular weight excluding hydrogens is 374 g/mol. The molecule has 3 rings (SSSR count). The molecule has 0 bridgehead atoms. The molecular formula is C21H21N3O5. The number of nitrogens with zero attached hydrogens (tertiary/aromatic N) is 1. The van der Waals surface area contributed by atoms with Crippen LogP contribution in [-0.4, -0.2) is 48.8 Å². The Morgan fingerprint density at radius 3 is 2.31 bits per heavy atom. The Kier molecular flexibility index (Phi) is 6.36. The quantitative estimate of drug-likeness (QED) is 0.660. The van der Waals surface area contributed by atoms with Gasteiger partial charge in [-0.3, -0.25) is 24.1 Å². The number of fused-ring (bicyclic) bond motifs is 1. The maximum atomic E-state index is 12.3. The zero-order valence-corrected chi connectivity index (χ0v) is 15.9. The molecule has 0 saturated carbocycles. The number of nitrogens with one attached hydrogen (secondary N) is 2. The van der Waals surface area contributed by atoms with Crippen molar-refractivity contribution in [3.8, 4) is 0 Å². The van der Waals surface area contributed by atoms with Gasteiger partial charge in [-0.05, 0) is 29.8 Å². The molecule has 0 atom stereocenters. The molecule has 1 aliphatic heterocycles. The first-order chi connectivity index (χ1) is 14.0. The van der Waals surface area contributed by atoms with E-state index in [9.17, 15) is 19.2 Å². The minimum absolute atomic E-state index is 0.00966. The van der Waals surface area contributed by atoms with Gasteiger partial charge >= 0.3 is 0 Å². The summed E-state index contributed by atoms with van der Waals surface area (Å²) in [7, 11) is 1.44. The standard InChI is InChI=1S/C21H21N3O5/c1-29-13-19(26)23-15-6-4-5-14(11-15)12-22-18(25)9-10-24-20(27)16-7-2-3-8-17(16)21(24)28/h2-8,11H,9-10,12-13H2,1H3,(H,22,25)(H,23,26). The summed E-state index contributed by atoms with van der Waals surface area (Å²) in [5.41, 5.74) is 2.13. The van der Waals surface area contributed by atoms with E-state index in [2.05, 4.69) is 10.6 Å². The zero-order valence-electron chi connectivity index (χ0n) is 15.9. The van der Waals surface area contributed by atoms with E-state index in [4.69, 9.17) is 4.74 Å². The van der Waals surface area contributed by atoms with Gasteiger partial charge in [-0.1, -0.05) is 24.3 Å². The number of carbonyl (C=O) groups excluding carboxylic acids is 4. The van der Waals surface area contributed by atoms with E-state index in [1.54, 1.807) is 42.5 Å². The number of benzene rings is 2. The Bertz CT molecular complexity index is 922. The first-order valence-corrected chi connectivity index (χ1v) is 9.09. The van der Waals surface area contributed by atoms with Crippen LogP contribution in [0.1, 0.15) is 32.7 Å². The number of anilines is 1. The first-order valence-electron chi connectivity index (χ1n) is 9.09. The van der Waals surface area contributed by atoms with Gasteiger partial charge in [0.1, 0.15) is 6.61 Å². The lowest BCUT2D eigenvalue weighted by Gasteiger charge is -2.13. The van der Waals surface area contributed by atoms with Crippen LogP contribution in [-0.2, 0) is 20.9 Å². The lowest BCUT2D eigenvalue weighted by Crippen LogP contribution is -2.34. The van der Waals surface area contributed by atoms with E-state index in [0.29, 0.717) is 16.8 Å². The number of rotatable bonds is 8. The molecule has 2 N–H and O–H groups in total. The second-order valence-corrected chi connectivity index (χ2v) is 6.52. The summed E-state index contributed by atoms with van der Waals surface area (Å²) in [6.45, 7) is 0.235. The lowest BCUT2D eigenvalue weighted by atomic mass is 10.1. The maximum absolute atomic E-state index is 12.3. The highest BCUT2D eigenvalue weighted by Crippen LogP contribution is 2.22. The van der Waals surface area contributed by atoms with Crippen LogP contribution in [0.3, 0.4) is 0 Å². The highest BCUT2D eigenvalue weighted by Gasteiger charge is 2.34. The third-order valence-corrected chi connectivity index (χ3v) is 4.42. The molecule has 1 aliphatic rings. The number of imide groups is 1. The van der Waals surface area contributed by atoms with Gasteiger partial charge in [0.2, 0.25) is 11.8 Å². The minimum Gasteiger partial charge on any atom is -0.375 e. The number of methoxy groups -OCH3 is 1. The summed E-state index contributed by atoms with van der Waals surface area (Å²) < 4.78 is 4.77. The Hall–Kier alpha value is -3.52. The lowest BCUT2D eigenvalue weighted by molar-refractivity contribution is -0.121. The Morgan fingerprint density at radius 2 is 1.66 bits per heavy atom. The average Bonchev–Trinajstić information content (AvgIpc) is 2.96. The van der Waals surface area contributed by atoms with Crippen LogP contribution in [0.5, 0.6) is 0 Å². The van der Waals surface area contributed by atoms with Crippen LogP contribution < -0.4 is 10.6 Å². The second-order valence-electron chi connectivity index (χ2n) is 6.52. The van der Waals surface area contributed by atoms with E-state index >= 15 is 0 Å². The topological polar surface area (TPSA) is 105 Å². The monoisotopic (exact) mass is 395 g/mol. The number of hydrogen-bond donors (Lipinski definition) is 2. The number of amides is 4. The fraction of sp³-hybridized carbons (Fsp3) is 0.238. The van der Waals surface area contributed by atoms with Crippen molar-refractivity contribution in [2.75, 3.05) is 25.6 Å². The number of ether oxygens (including phenoxy) is 1. The van der Waals surface area contributed by atoms with Gasteiger partial charge in [-0.15, -0.1) is 0 Å². The van der Waals surface area contributed by atoms with E-state index in [-0.39, 0.29) is 49.7 Å². The van der Waals surface area contributed by atoms with Crippen molar-refractivity contribution in [3.05, 3.63) is 65.2 Å². The van der Waals surface area contributed by atoms with Gasteiger partial charge in [0, 0.05) is 32.3 Å². The SMILES string of the molecule is COCC(=O)Nc1cccc(CNC(=O)CCN2C(=O)c3ccccc3C2=O)c1. The molecule has 1 heterocycles. The van der Waals surface area contributed by atoms with Crippen molar-refractivity contribution in [3.63, 3.8) is 0 Å². The van der Waals surface area contributed by atoms with Gasteiger partial charge in [0.05, 0.1) is 11.1 Å². The highest BCUT2D eigenvalue weighted by atomic mass is 16.5. The second kappa shape index (κ2) is 9.11. The third-order valence-electron chi connectivity index (χ3n) is 4.42. The van der Waals surface area contributed by atoms with Gasteiger partial charge < -0.3 is 15.4 Å². The van der Waals surface area contributed by atoms with E-state index in [1.807, 2.05) is 6.07 Å². The van der Waals surface area contributed by atoms with E-state index < -0.39 is 0 Å². The molecule has 0 unspecified atom stereocenters. The Balaban J connectivity index is 1.49. The summed E-state index contributed by atoms with van der Waals surface area (Å²) in [5, 5.41) is 5.45. The normalized spacial score (nSPS) is 12.7. The van der Waals surface area contributed by atoms with Gasteiger partial charge in [-0.25, -0.2) is 0 Å². The molecule has 0 spiro atoms.